The summed E-state index contributed by atoms with van der Waals surface area (Å²) in [5.41, 5.74) is 2.53. The Morgan fingerprint density at radius 2 is 2.06 bits per heavy atom. The topological polar surface area (TPSA) is 13.1 Å². The molecule has 16 heavy (non-hydrogen) atoms. The van der Waals surface area contributed by atoms with Crippen molar-refractivity contribution in [1.82, 2.24) is 0 Å². The summed E-state index contributed by atoms with van der Waals surface area (Å²) in [4.78, 5) is 0. The third-order valence-corrected chi connectivity index (χ3v) is 17.3. The van der Waals surface area contributed by atoms with Crippen molar-refractivity contribution in [1.29, 1.82) is 0 Å². The Balaban J connectivity index is 2.76. The van der Waals surface area contributed by atoms with Gasteiger partial charge in [0.2, 0.25) is 0 Å². The van der Waals surface area contributed by atoms with E-state index in [-0.39, 0.29) is 6.10 Å². The summed E-state index contributed by atoms with van der Waals surface area (Å²) in [5.74, 6) is 0. The van der Waals surface area contributed by atoms with Crippen LogP contribution in [-0.4, -0.2) is 10.6 Å². The van der Waals surface area contributed by atoms with Gasteiger partial charge in [0.25, 0.3) is 0 Å². The number of nitrogens with zero attached hydrogens (tertiary/aromatic N) is 1. The van der Waals surface area contributed by atoms with E-state index < -0.39 is 10.6 Å². The summed E-state index contributed by atoms with van der Waals surface area (Å²) >= 11 is 11.3. The van der Waals surface area contributed by atoms with E-state index in [0.717, 1.165) is 6.54 Å². The first-order valence-electron chi connectivity index (χ1n) is 5.06. The molecular formula is C10H14Br3NOTe+. The molecule has 1 aliphatic heterocycles. The van der Waals surface area contributed by atoms with Crippen molar-refractivity contribution < 1.29 is 7.67 Å². The van der Waals surface area contributed by atoms with E-state index in [1.54, 1.807) is 0 Å². The van der Waals surface area contributed by atoms with Crippen LogP contribution in [-0.2, 0) is 9.65 Å². The second-order valence-electron chi connectivity index (χ2n) is 3.97. The Morgan fingerprint density at radius 3 is 2.62 bits per heavy atom. The van der Waals surface area contributed by atoms with Crippen molar-refractivity contribution in [3.05, 3.63) is 23.5 Å². The molecule has 0 amide bonds. The molecule has 0 aliphatic carbocycles. The van der Waals surface area contributed by atoms with Crippen molar-refractivity contribution in [2.75, 3.05) is 0 Å². The molecule has 2 rings (SSSR count). The predicted octanol–water partition coefficient (Wildman–Crippen LogP) is 3.17. The van der Waals surface area contributed by atoms with Gasteiger partial charge in [0.1, 0.15) is 0 Å². The van der Waals surface area contributed by atoms with E-state index in [4.69, 9.17) is 3.10 Å². The average molecular weight is 532 g/mol. The Morgan fingerprint density at radius 1 is 1.44 bits per heavy atom. The van der Waals surface area contributed by atoms with Gasteiger partial charge in [-0.05, 0) is 0 Å². The Hall–Kier alpha value is 1.34. The van der Waals surface area contributed by atoms with Gasteiger partial charge in [0.05, 0.1) is 0 Å². The van der Waals surface area contributed by atoms with Crippen molar-refractivity contribution >= 4 is 52.5 Å². The molecule has 1 aromatic heterocycles. The van der Waals surface area contributed by atoms with Crippen LogP contribution in [0, 0.1) is 6.92 Å². The number of fused-ring (bicyclic) bond motifs is 1. The van der Waals surface area contributed by atoms with Gasteiger partial charge in [-0.3, -0.25) is 0 Å². The van der Waals surface area contributed by atoms with Crippen LogP contribution < -0.4 is 8.18 Å². The zero-order valence-corrected chi connectivity index (χ0v) is 16.4. The molecule has 0 spiro atoms. The number of hydrogen-bond donors (Lipinski definition) is 0. The molecule has 0 aromatic carbocycles. The summed E-state index contributed by atoms with van der Waals surface area (Å²) in [7, 11) is -3.40. The summed E-state index contributed by atoms with van der Waals surface area (Å²) in [5, 5.41) is 0. The zero-order valence-electron chi connectivity index (χ0n) is 9.34. The van der Waals surface area contributed by atoms with Crippen LogP contribution in [0.25, 0.3) is 0 Å². The van der Waals surface area contributed by atoms with Gasteiger partial charge in [0.15, 0.2) is 0 Å². The molecule has 0 saturated carbocycles. The number of halogens is 3. The van der Waals surface area contributed by atoms with Crippen LogP contribution in [0.1, 0.15) is 31.2 Å². The molecule has 0 saturated heterocycles. The normalized spacial score (nSPS) is 28.1. The summed E-state index contributed by atoms with van der Waals surface area (Å²) in [6, 6.07) is 2.21. The number of aryl methyl sites for hydroxylation is 2. The predicted molar refractivity (Wildman–Crippen MR) is 78.7 cm³/mol. The molecule has 2 nitrogen and oxygen atoms in total. The van der Waals surface area contributed by atoms with Gasteiger partial charge in [-0.15, -0.1) is 0 Å². The quantitative estimate of drug-likeness (QED) is 0.401. The fraction of sp³-hybridized carbons (Fsp3) is 0.500. The first-order valence-corrected chi connectivity index (χ1v) is 22.8. The maximum atomic E-state index is 6.13. The monoisotopic (exact) mass is 531 g/mol. The first kappa shape index (κ1) is 13.8. The van der Waals surface area contributed by atoms with Crippen molar-refractivity contribution in [2.24, 2.45) is 0 Å². The van der Waals surface area contributed by atoms with E-state index in [2.05, 4.69) is 75.9 Å². The molecule has 1 atom stereocenters. The molecule has 1 radical (unpaired) electrons. The molecule has 0 bridgehead atoms. The molecule has 91 valence electrons. The second kappa shape index (κ2) is 4.18. The molecule has 1 unspecified atom stereocenters. The number of aromatic nitrogens is 1. The van der Waals surface area contributed by atoms with Crippen LogP contribution in [0.5, 0.6) is 0 Å². The zero-order chi connectivity index (χ0) is 12.2. The number of hydrogen-bond acceptors (Lipinski definition) is 1. The van der Waals surface area contributed by atoms with Gasteiger partial charge < -0.3 is 0 Å². The molecule has 6 heteroatoms. The second-order valence-corrected chi connectivity index (χ2v) is 52.0. The molecular weight excluding hydrogens is 517 g/mol. The van der Waals surface area contributed by atoms with E-state index in [1.165, 1.54) is 14.9 Å². The van der Waals surface area contributed by atoms with Crippen molar-refractivity contribution in [3.63, 3.8) is 0 Å². The van der Waals surface area contributed by atoms with Crippen LogP contribution in [0.15, 0.2) is 12.3 Å². The van der Waals surface area contributed by atoms with E-state index in [1.807, 2.05) is 0 Å². The summed E-state index contributed by atoms with van der Waals surface area (Å²) < 4.78 is 9.67. The molecule has 2 heterocycles. The maximum absolute atomic E-state index is 6.13. The summed E-state index contributed by atoms with van der Waals surface area (Å²) in [6.45, 7) is 7.34. The van der Waals surface area contributed by atoms with Gasteiger partial charge in [-0.1, -0.05) is 0 Å². The molecule has 0 N–H and O–H groups in total. The van der Waals surface area contributed by atoms with Crippen molar-refractivity contribution in [2.45, 2.75) is 33.4 Å². The number of rotatable bonds is 1. The Bertz CT molecular complexity index is 455. The van der Waals surface area contributed by atoms with Gasteiger partial charge in [-0.2, -0.15) is 0 Å². The first-order chi connectivity index (χ1) is 7.23. The van der Waals surface area contributed by atoms with E-state index in [9.17, 15) is 0 Å². The number of pyridine rings is 1. The van der Waals surface area contributed by atoms with Crippen LogP contribution in [0.2, 0.25) is 0 Å². The van der Waals surface area contributed by atoms with Crippen LogP contribution in [0.3, 0.4) is 0 Å². The third-order valence-electron chi connectivity index (χ3n) is 2.65. The van der Waals surface area contributed by atoms with Gasteiger partial charge in [-0.25, -0.2) is 0 Å². The minimum absolute atomic E-state index is 0.117. The summed E-state index contributed by atoms with van der Waals surface area (Å²) in [6.07, 6.45) is 2.30. The van der Waals surface area contributed by atoms with Gasteiger partial charge in [0, 0.05) is 0 Å². The van der Waals surface area contributed by atoms with E-state index >= 15 is 0 Å². The molecule has 0 fully saturated rings. The minimum atomic E-state index is -3.40. The Labute approximate surface area is 116 Å². The van der Waals surface area contributed by atoms with Crippen LogP contribution >= 0.6 is 38.3 Å². The average Bonchev–Trinajstić information content (AvgIpc) is 2.32. The standard InChI is InChI=1S/C10H14Br3NOTe/c1-4-14-6-7(2)5-9-10(14)8(3)15-16(9,11,12)13/h5-6,8H,4H2,1-3H3/q+1. The molecule has 1 aromatic rings. The van der Waals surface area contributed by atoms with Gasteiger partial charge >= 0.3 is 117 Å². The van der Waals surface area contributed by atoms with Crippen LogP contribution in [0.4, 0.5) is 0 Å². The van der Waals surface area contributed by atoms with Crippen molar-refractivity contribution in [3.8, 4) is 0 Å². The SMILES string of the molecule is CC[n+]1cc(C)cc2c1C(C)O[Te]2(Br)(Br)Br. The fourth-order valence-electron chi connectivity index (χ4n) is 2.06. The molecule has 1 aliphatic rings. The third kappa shape index (κ3) is 2.26. The Kier molecular flexibility index (Phi) is 3.59. The fourth-order valence-corrected chi connectivity index (χ4v) is 16.6. The van der Waals surface area contributed by atoms with E-state index in [0.29, 0.717) is 0 Å².